The molecular weight excluding hydrogens is 478 g/mol. The van der Waals surface area contributed by atoms with Crippen LogP contribution in [0.1, 0.15) is 77.6 Å². The topological polar surface area (TPSA) is 189 Å². The van der Waals surface area contributed by atoms with Crippen LogP contribution in [0.3, 0.4) is 0 Å². The van der Waals surface area contributed by atoms with E-state index in [2.05, 4.69) is 27.4 Å². The van der Waals surface area contributed by atoms with E-state index in [9.17, 15) is 19.2 Å². The second kappa shape index (κ2) is 24.3. The van der Waals surface area contributed by atoms with Gasteiger partial charge in [0.05, 0.1) is 19.0 Å². The number of hydrogen-bond acceptors (Lipinski definition) is 6. The van der Waals surface area contributed by atoms with Crippen molar-refractivity contribution in [1.29, 1.82) is 0 Å². The molecule has 0 aliphatic rings. The van der Waals surface area contributed by atoms with Crippen molar-refractivity contribution in [3.63, 3.8) is 0 Å². The fraction of sp³-hybridized carbons (Fsp3) is 0.846. The van der Waals surface area contributed by atoms with E-state index in [4.69, 9.17) is 9.84 Å². The Morgan fingerprint density at radius 2 is 1.27 bits per heavy atom. The third-order valence-corrected chi connectivity index (χ3v) is 5.94. The number of ketones is 1. The van der Waals surface area contributed by atoms with Crippen molar-refractivity contribution in [1.82, 2.24) is 16.0 Å². The van der Waals surface area contributed by atoms with E-state index < -0.39 is 11.8 Å². The molecule has 0 spiro atoms. The summed E-state index contributed by atoms with van der Waals surface area (Å²) in [6, 6.07) is 0. The second-order valence-corrected chi connectivity index (χ2v) is 9.55. The predicted octanol–water partition coefficient (Wildman–Crippen LogP) is -1.06. The Kier molecular flexibility index (Phi) is 22.9. The number of Topliss-reactive ketones (excluding diaryl/α,β-unsaturated/α-hetero) is 1. The van der Waals surface area contributed by atoms with E-state index >= 15 is 0 Å². The summed E-state index contributed by atoms with van der Waals surface area (Å²) in [5, 5.41) is 17.3. The number of carbonyl (C=O) groups excluding carboxylic acids is 4. The Bertz CT molecular complexity index is 635. The molecule has 0 heterocycles. The van der Waals surface area contributed by atoms with Crippen molar-refractivity contribution in [3.05, 3.63) is 0 Å². The molecule has 11 nitrogen and oxygen atoms in total. The molecule has 0 radical (unpaired) electrons. The third kappa shape index (κ3) is 20.6. The van der Waals surface area contributed by atoms with Gasteiger partial charge in [-0.3, -0.25) is 19.2 Å². The predicted molar refractivity (Wildman–Crippen MR) is 141 cm³/mol. The molecule has 0 aromatic rings. The molecule has 0 saturated heterocycles. The molecule has 0 aromatic heterocycles. The van der Waals surface area contributed by atoms with Gasteiger partial charge in [0.1, 0.15) is 5.78 Å². The summed E-state index contributed by atoms with van der Waals surface area (Å²) in [6.07, 6.45) is 6.73. The highest BCUT2D eigenvalue weighted by atomic mass is 16.5. The van der Waals surface area contributed by atoms with Gasteiger partial charge in [-0.25, -0.2) is 0 Å². The first-order valence-electron chi connectivity index (χ1n) is 14.0. The standard InChI is InChI=1S/C26H51N5O6/c1-21(25(35)30-13-7-3-5-11-28)18-23(33)19-22(20-24(34)29-12-6-2-4-10-27)26(36)31-14-8-16-37-17-9-15-32/h21-22,32H,2-20,27-28H2,1H3,(H,29,34)(H,30,35)(H,31,36)/p+2. The molecule has 2 unspecified atom stereocenters. The fourth-order valence-electron chi connectivity index (χ4n) is 3.72. The number of carbonyl (C=O) groups is 4. The van der Waals surface area contributed by atoms with Crippen LogP contribution in [-0.2, 0) is 23.9 Å². The first kappa shape index (κ1) is 34.9. The van der Waals surface area contributed by atoms with Crippen LogP contribution in [-0.4, -0.2) is 81.2 Å². The lowest BCUT2D eigenvalue weighted by molar-refractivity contribution is -0.368. The Hall–Kier alpha value is -2.08. The van der Waals surface area contributed by atoms with Crippen molar-refractivity contribution in [2.24, 2.45) is 11.8 Å². The molecule has 0 bridgehead atoms. The first-order chi connectivity index (χ1) is 17.8. The largest absolute Gasteiger partial charge is 0.396 e. The van der Waals surface area contributed by atoms with Gasteiger partial charge < -0.3 is 37.3 Å². The van der Waals surface area contributed by atoms with Gasteiger partial charge in [-0.15, -0.1) is 0 Å². The number of amides is 3. The van der Waals surface area contributed by atoms with Gasteiger partial charge in [-0.1, -0.05) is 6.92 Å². The number of unbranched alkanes of at least 4 members (excludes halogenated alkanes) is 4. The summed E-state index contributed by atoms with van der Waals surface area (Å²) in [5.74, 6) is -2.29. The zero-order valence-corrected chi connectivity index (χ0v) is 23.0. The van der Waals surface area contributed by atoms with Crippen molar-refractivity contribution in [2.75, 3.05) is 52.5 Å². The van der Waals surface area contributed by atoms with Crippen molar-refractivity contribution in [2.45, 2.75) is 77.6 Å². The minimum atomic E-state index is -0.791. The average molecular weight is 532 g/mol. The Morgan fingerprint density at radius 1 is 0.703 bits per heavy atom. The lowest BCUT2D eigenvalue weighted by atomic mass is 9.92. The quantitative estimate of drug-likeness (QED) is 0.0814. The number of hydrogen-bond donors (Lipinski definition) is 6. The monoisotopic (exact) mass is 531 g/mol. The van der Waals surface area contributed by atoms with E-state index in [0.29, 0.717) is 45.7 Å². The first-order valence-corrected chi connectivity index (χ1v) is 14.0. The molecule has 37 heavy (non-hydrogen) atoms. The van der Waals surface area contributed by atoms with Crippen LogP contribution in [0, 0.1) is 11.8 Å². The number of quaternary nitrogens is 2. The van der Waals surface area contributed by atoms with E-state index in [0.717, 1.165) is 51.6 Å². The number of ether oxygens (including phenoxy) is 1. The number of aliphatic hydroxyl groups is 1. The summed E-state index contributed by atoms with van der Waals surface area (Å²) in [5.41, 5.74) is 7.60. The summed E-state index contributed by atoms with van der Waals surface area (Å²) in [4.78, 5) is 50.3. The summed E-state index contributed by atoms with van der Waals surface area (Å²) in [6.45, 7) is 5.87. The molecule has 0 aromatic carbocycles. The Labute approximate surface area is 222 Å². The van der Waals surface area contributed by atoms with Crippen LogP contribution < -0.4 is 27.4 Å². The molecule has 11 heteroatoms. The van der Waals surface area contributed by atoms with Gasteiger partial charge >= 0.3 is 0 Å². The van der Waals surface area contributed by atoms with E-state index in [-0.39, 0.29) is 49.4 Å². The molecule has 2 atom stereocenters. The maximum absolute atomic E-state index is 12.8. The van der Waals surface area contributed by atoms with Gasteiger partial charge in [0.25, 0.3) is 0 Å². The molecule has 3 amide bonds. The number of aliphatic hydroxyl groups excluding tert-OH is 1. The SMILES string of the molecule is CC(CC(=O)CC(CC(=O)NCCCCC[NH3+])C(=O)NCCCOCCCO)C(=O)NCCCCC[NH3+]. The fourth-order valence-corrected chi connectivity index (χ4v) is 3.72. The summed E-state index contributed by atoms with van der Waals surface area (Å²) < 4.78 is 5.36. The average Bonchev–Trinajstić information content (AvgIpc) is 2.87. The van der Waals surface area contributed by atoms with Gasteiger partial charge in [0.15, 0.2) is 0 Å². The summed E-state index contributed by atoms with van der Waals surface area (Å²) >= 11 is 0. The smallest absolute Gasteiger partial charge is 0.224 e. The Balaban J connectivity index is 4.71. The Morgan fingerprint density at radius 3 is 1.89 bits per heavy atom. The van der Waals surface area contributed by atoms with Crippen LogP contribution in [0.15, 0.2) is 0 Å². The van der Waals surface area contributed by atoms with Crippen molar-refractivity contribution in [3.8, 4) is 0 Å². The highest BCUT2D eigenvalue weighted by Gasteiger charge is 2.26. The molecule has 10 N–H and O–H groups in total. The lowest BCUT2D eigenvalue weighted by Crippen LogP contribution is -2.50. The normalized spacial score (nSPS) is 12.5. The van der Waals surface area contributed by atoms with Gasteiger partial charge in [0, 0.05) is 64.6 Å². The molecule has 0 aliphatic carbocycles. The number of nitrogens with one attached hydrogen (secondary N) is 3. The van der Waals surface area contributed by atoms with E-state index in [1.54, 1.807) is 6.92 Å². The van der Waals surface area contributed by atoms with Crippen LogP contribution in [0.25, 0.3) is 0 Å². The van der Waals surface area contributed by atoms with Gasteiger partial charge in [-0.05, 0) is 51.4 Å². The minimum absolute atomic E-state index is 0.0276. The highest BCUT2D eigenvalue weighted by molar-refractivity contribution is 5.92. The van der Waals surface area contributed by atoms with Crippen LogP contribution >= 0.6 is 0 Å². The van der Waals surface area contributed by atoms with Crippen LogP contribution in [0.4, 0.5) is 0 Å². The maximum atomic E-state index is 12.8. The molecular formula is C26H53N5O6+2. The molecule has 216 valence electrons. The molecule has 0 saturated carbocycles. The maximum Gasteiger partial charge on any atom is 0.224 e. The highest BCUT2D eigenvalue weighted by Crippen LogP contribution is 2.15. The summed E-state index contributed by atoms with van der Waals surface area (Å²) in [7, 11) is 0. The minimum Gasteiger partial charge on any atom is -0.396 e. The van der Waals surface area contributed by atoms with E-state index in [1.165, 1.54) is 0 Å². The van der Waals surface area contributed by atoms with Gasteiger partial charge in [-0.2, -0.15) is 0 Å². The second-order valence-electron chi connectivity index (χ2n) is 9.55. The zero-order chi connectivity index (χ0) is 27.7. The van der Waals surface area contributed by atoms with Crippen molar-refractivity contribution < 1.29 is 40.5 Å². The molecule has 0 fully saturated rings. The lowest BCUT2D eigenvalue weighted by Gasteiger charge is -2.18. The zero-order valence-electron chi connectivity index (χ0n) is 23.0. The number of rotatable bonds is 25. The van der Waals surface area contributed by atoms with E-state index in [1.807, 2.05) is 0 Å². The van der Waals surface area contributed by atoms with Crippen LogP contribution in [0.2, 0.25) is 0 Å². The van der Waals surface area contributed by atoms with Crippen LogP contribution in [0.5, 0.6) is 0 Å². The van der Waals surface area contributed by atoms with Gasteiger partial charge in [0.2, 0.25) is 17.7 Å². The van der Waals surface area contributed by atoms with Crippen molar-refractivity contribution >= 4 is 23.5 Å². The third-order valence-electron chi connectivity index (χ3n) is 5.94. The molecule has 0 rings (SSSR count). The molecule has 0 aliphatic heterocycles.